The molecule has 0 saturated carbocycles. The predicted molar refractivity (Wildman–Crippen MR) is 93.2 cm³/mol. The van der Waals surface area contributed by atoms with Gasteiger partial charge in [0.25, 0.3) is 5.91 Å². The van der Waals surface area contributed by atoms with Crippen LogP contribution in [0.5, 0.6) is 5.75 Å². The van der Waals surface area contributed by atoms with Gasteiger partial charge in [-0.3, -0.25) is 10.1 Å². The summed E-state index contributed by atoms with van der Waals surface area (Å²) in [4.78, 5) is 12.1. The van der Waals surface area contributed by atoms with Gasteiger partial charge in [0.05, 0.1) is 21.3 Å². The molecule has 24 heavy (non-hydrogen) atoms. The molecule has 0 aliphatic carbocycles. The summed E-state index contributed by atoms with van der Waals surface area (Å²) in [6, 6.07) is 10.5. The molecule has 2 aromatic rings. The number of rotatable bonds is 4. The van der Waals surface area contributed by atoms with Crippen molar-refractivity contribution in [3.8, 4) is 5.75 Å². The lowest BCUT2D eigenvalue weighted by atomic mass is 10.2. The smallest absolute Gasteiger partial charge is 0.387 e. The Kier molecular flexibility index (Phi) is 6.30. The average molecular weight is 391 g/mol. The van der Waals surface area contributed by atoms with E-state index >= 15 is 0 Å². The number of amides is 1. The van der Waals surface area contributed by atoms with Gasteiger partial charge in [0, 0.05) is 0 Å². The van der Waals surface area contributed by atoms with Gasteiger partial charge in [-0.05, 0) is 36.5 Å². The predicted octanol–water partition coefficient (Wildman–Crippen LogP) is 4.72. The minimum atomic E-state index is -2.98. The Labute approximate surface area is 151 Å². The Balaban J connectivity index is 2.09. The third-order valence-electron chi connectivity index (χ3n) is 2.77. The van der Waals surface area contributed by atoms with E-state index in [2.05, 4.69) is 15.4 Å². The fraction of sp³-hybridized carbons (Fsp3) is 0.0667. The van der Waals surface area contributed by atoms with Crippen LogP contribution in [0.3, 0.4) is 0 Å². The molecule has 0 spiro atoms. The molecule has 2 rings (SSSR count). The monoisotopic (exact) mass is 390 g/mol. The summed E-state index contributed by atoms with van der Waals surface area (Å²) in [5, 5.41) is 5.20. The lowest BCUT2D eigenvalue weighted by Gasteiger charge is -2.14. The van der Waals surface area contributed by atoms with Crippen LogP contribution in [-0.2, 0) is 0 Å². The van der Waals surface area contributed by atoms with E-state index in [1.807, 2.05) is 0 Å². The number of para-hydroxylation sites is 2. The molecule has 0 saturated heterocycles. The summed E-state index contributed by atoms with van der Waals surface area (Å²) in [6.45, 7) is -2.98. The van der Waals surface area contributed by atoms with Gasteiger partial charge in [-0.25, -0.2) is 0 Å². The Bertz CT molecular complexity index is 775. The second-order valence-corrected chi connectivity index (χ2v) is 5.58. The Morgan fingerprint density at radius 3 is 2.54 bits per heavy atom. The normalized spacial score (nSPS) is 10.4. The van der Waals surface area contributed by atoms with Crippen LogP contribution in [0.25, 0.3) is 0 Å². The molecule has 0 aliphatic heterocycles. The molecule has 1 amide bonds. The van der Waals surface area contributed by atoms with Crippen molar-refractivity contribution >= 4 is 52.1 Å². The Hall–Kier alpha value is -1.96. The van der Waals surface area contributed by atoms with Crippen molar-refractivity contribution in [2.45, 2.75) is 6.61 Å². The van der Waals surface area contributed by atoms with E-state index in [0.717, 1.165) is 0 Å². The maximum atomic E-state index is 12.4. The SMILES string of the molecule is O=C(NC(=S)Nc1ccccc1OC(F)F)c1cccc(Cl)c1Cl. The van der Waals surface area contributed by atoms with Gasteiger partial charge in [0.2, 0.25) is 0 Å². The van der Waals surface area contributed by atoms with Crippen LogP contribution >= 0.6 is 35.4 Å². The van der Waals surface area contributed by atoms with Gasteiger partial charge in [-0.1, -0.05) is 41.4 Å². The number of carbonyl (C=O) groups excluding carboxylic acids is 1. The van der Waals surface area contributed by atoms with Crippen LogP contribution < -0.4 is 15.4 Å². The zero-order valence-electron chi connectivity index (χ0n) is 11.9. The molecule has 0 fully saturated rings. The lowest BCUT2D eigenvalue weighted by Crippen LogP contribution is -2.34. The molecule has 0 aliphatic rings. The Morgan fingerprint density at radius 1 is 1.12 bits per heavy atom. The van der Waals surface area contributed by atoms with E-state index in [9.17, 15) is 13.6 Å². The molecule has 0 radical (unpaired) electrons. The molecule has 126 valence electrons. The molecule has 0 atom stereocenters. The summed E-state index contributed by atoms with van der Waals surface area (Å²) in [7, 11) is 0. The highest BCUT2D eigenvalue weighted by atomic mass is 35.5. The maximum absolute atomic E-state index is 12.4. The molecule has 4 nitrogen and oxygen atoms in total. The third kappa shape index (κ3) is 4.77. The lowest BCUT2D eigenvalue weighted by molar-refractivity contribution is -0.0493. The molecular formula is C15H10Cl2F2N2O2S. The topological polar surface area (TPSA) is 50.4 Å². The van der Waals surface area contributed by atoms with Crippen molar-refractivity contribution in [3.63, 3.8) is 0 Å². The van der Waals surface area contributed by atoms with Crippen LogP contribution in [0.1, 0.15) is 10.4 Å². The number of nitrogens with one attached hydrogen (secondary N) is 2. The van der Waals surface area contributed by atoms with Crippen LogP contribution in [0, 0.1) is 0 Å². The number of halogens is 4. The second-order valence-electron chi connectivity index (χ2n) is 4.38. The van der Waals surface area contributed by atoms with Crippen molar-refractivity contribution in [1.29, 1.82) is 0 Å². The van der Waals surface area contributed by atoms with Crippen molar-refractivity contribution in [1.82, 2.24) is 5.32 Å². The van der Waals surface area contributed by atoms with Crippen molar-refractivity contribution < 1.29 is 18.3 Å². The highest BCUT2D eigenvalue weighted by Crippen LogP contribution is 2.26. The summed E-state index contributed by atoms with van der Waals surface area (Å²) in [6.07, 6.45) is 0. The zero-order valence-corrected chi connectivity index (χ0v) is 14.2. The molecule has 0 aromatic heterocycles. The van der Waals surface area contributed by atoms with E-state index in [0.29, 0.717) is 0 Å². The standard InChI is InChI=1S/C15H10Cl2F2N2O2S/c16-9-5-3-4-8(12(9)17)13(22)21-15(24)20-10-6-1-2-7-11(10)23-14(18)19/h1-7,14H,(H2,20,21,22,24). The van der Waals surface area contributed by atoms with E-state index in [1.165, 1.54) is 30.3 Å². The number of ether oxygens (including phenoxy) is 1. The van der Waals surface area contributed by atoms with E-state index in [4.69, 9.17) is 35.4 Å². The number of alkyl halides is 2. The summed E-state index contributed by atoms with van der Waals surface area (Å²) >= 11 is 16.8. The quantitative estimate of drug-likeness (QED) is 0.741. The van der Waals surface area contributed by atoms with Gasteiger partial charge in [-0.2, -0.15) is 8.78 Å². The molecule has 2 N–H and O–H groups in total. The summed E-state index contributed by atoms with van der Waals surface area (Å²) in [5.74, 6) is -0.697. The molecule has 9 heteroatoms. The molecule has 0 bridgehead atoms. The van der Waals surface area contributed by atoms with E-state index in [1.54, 1.807) is 12.1 Å². The highest BCUT2D eigenvalue weighted by molar-refractivity contribution is 7.80. The first kappa shape index (κ1) is 18.4. The van der Waals surface area contributed by atoms with Crippen molar-refractivity contribution in [3.05, 3.63) is 58.1 Å². The molecule has 0 unspecified atom stereocenters. The number of carbonyl (C=O) groups is 1. The number of hydrogen-bond donors (Lipinski definition) is 2. The largest absolute Gasteiger partial charge is 0.433 e. The molecule has 2 aromatic carbocycles. The van der Waals surface area contributed by atoms with E-state index in [-0.39, 0.29) is 32.2 Å². The van der Waals surface area contributed by atoms with Crippen molar-refractivity contribution in [2.24, 2.45) is 0 Å². The van der Waals surface area contributed by atoms with Crippen LogP contribution in [0.15, 0.2) is 42.5 Å². The first-order valence-electron chi connectivity index (χ1n) is 6.48. The summed E-state index contributed by atoms with van der Waals surface area (Å²) < 4.78 is 29.1. The van der Waals surface area contributed by atoms with Gasteiger partial charge in [0.1, 0.15) is 5.75 Å². The number of thiocarbonyl (C=S) groups is 1. The van der Waals surface area contributed by atoms with E-state index < -0.39 is 12.5 Å². The van der Waals surface area contributed by atoms with Gasteiger partial charge in [-0.15, -0.1) is 0 Å². The molecule has 0 heterocycles. The molecular weight excluding hydrogens is 381 g/mol. The second kappa shape index (κ2) is 8.23. The summed E-state index contributed by atoms with van der Waals surface area (Å²) in [5.41, 5.74) is 0.311. The first-order valence-corrected chi connectivity index (χ1v) is 7.65. The first-order chi connectivity index (χ1) is 11.4. The van der Waals surface area contributed by atoms with Crippen LogP contribution in [0.2, 0.25) is 10.0 Å². The number of anilines is 1. The average Bonchev–Trinajstić information content (AvgIpc) is 2.51. The Morgan fingerprint density at radius 2 is 1.83 bits per heavy atom. The fourth-order valence-corrected chi connectivity index (χ4v) is 2.36. The van der Waals surface area contributed by atoms with Crippen LogP contribution in [0.4, 0.5) is 14.5 Å². The maximum Gasteiger partial charge on any atom is 0.387 e. The van der Waals surface area contributed by atoms with Gasteiger partial charge in [0.15, 0.2) is 5.11 Å². The third-order valence-corrected chi connectivity index (χ3v) is 3.80. The minimum absolute atomic E-state index is 0.0842. The van der Waals surface area contributed by atoms with Gasteiger partial charge >= 0.3 is 6.61 Å². The highest BCUT2D eigenvalue weighted by Gasteiger charge is 2.15. The van der Waals surface area contributed by atoms with Crippen LogP contribution in [-0.4, -0.2) is 17.6 Å². The van der Waals surface area contributed by atoms with Gasteiger partial charge < -0.3 is 10.1 Å². The minimum Gasteiger partial charge on any atom is -0.433 e. The zero-order chi connectivity index (χ0) is 17.7. The number of benzene rings is 2. The number of hydrogen-bond acceptors (Lipinski definition) is 3. The fourth-order valence-electron chi connectivity index (χ4n) is 1.77. The van der Waals surface area contributed by atoms with Crippen molar-refractivity contribution in [2.75, 3.05) is 5.32 Å².